The van der Waals surface area contributed by atoms with E-state index in [0.717, 1.165) is 50.2 Å². The zero-order valence-electron chi connectivity index (χ0n) is 17.7. The van der Waals surface area contributed by atoms with Gasteiger partial charge in [0.25, 0.3) is 0 Å². The fraction of sp³-hybridized carbons (Fsp3) is 0.440. The Kier molecular flexibility index (Phi) is 6.80. The molecule has 1 aromatic carbocycles. The molecule has 0 bridgehead atoms. The Balaban J connectivity index is 1.36. The van der Waals surface area contributed by atoms with E-state index in [2.05, 4.69) is 34.2 Å². The first-order valence-corrected chi connectivity index (χ1v) is 10.9. The van der Waals surface area contributed by atoms with Crippen molar-refractivity contribution >= 4 is 5.91 Å². The molecule has 5 heteroatoms. The number of methoxy groups -OCH3 is 1. The number of allylic oxidation sites excluding steroid dienone is 1. The summed E-state index contributed by atoms with van der Waals surface area (Å²) < 4.78 is 5.34. The predicted molar refractivity (Wildman–Crippen MR) is 118 cm³/mol. The number of aromatic nitrogens is 1. The van der Waals surface area contributed by atoms with Gasteiger partial charge in [-0.25, -0.2) is 0 Å². The summed E-state index contributed by atoms with van der Waals surface area (Å²) in [6.45, 7) is 4.36. The SMILES string of the molecule is COc1cccc(CN2CC=CC[C@@H](C3CCN(Cc4cccnc4)CC3)C2=O)c1. The van der Waals surface area contributed by atoms with Crippen molar-refractivity contribution in [1.29, 1.82) is 0 Å². The number of nitrogens with zero attached hydrogens (tertiary/aromatic N) is 3. The van der Waals surface area contributed by atoms with Crippen LogP contribution < -0.4 is 4.74 Å². The fourth-order valence-electron chi connectivity index (χ4n) is 4.66. The summed E-state index contributed by atoms with van der Waals surface area (Å²) in [4.78, 5) is 22.1. The van der Waals surface area contributed by atoms with Crippen LogP contribution in [0.25, 0.3) is 0 Å². The van der Waals surface area contributed by atoms with Gasteiger partial charge in [0.1, 0.15) is 5.75 Å². The summed E-state index contributed by atoms with van der Waals surface area (Å²) in [5, 5.41) is 0. The van der Waals surface area contributed by atoms with Crippen LogP contribution in [-0.4, -0.2) is 47.4 Å². The molecule has 0 spiro atoms. The Morgan fingerprint density at radius 1 is 1.07 bits per heavy atom. The standard InChI is InChI=1S/C25H31N3O2/c1-30-23-8-4-6-20(16-23)19-28-13-3-2-9-24(25(28)29)22-10-14-27(15-11-22)18-21-7-5-12-26-17-21/h2-8,12,16-17,22,24H,9-11,13-15,18-19H2,1H3/t24-/m0/s1. The minimum atomic E-state index is 0.0925. The van der Waals surface area contributed by atoms with E-state index in [9.17, 15) is 4.79 Å². The van der Waals surface area contributed by atoms with Gasteiger partial charge < -0.3 is 9.64 Å². The lowest BCUT2D eigenvalue weighted by Gasteiger charge is -2.36. The summed E-state index contributed by atoms with van der Waals surface area (Å²) in [6.07, 6.45) is 11.1. The van der Waals surface area contributed by atoms with Crippen molar-refractivity contribution in [3.8, 4) is 5.75 Å². The zero-order chi connectivity index (χ0) is 20.8. The molecule has 3 heterocycles. The van der Waals surface area contributed by atoms with Crippen molar-refractivity contribution in [3.63, 3.8) is 0 Å². The molecule has 0 saturated carbocycles. The van der Waals surface area contributed by atoms with E-state index in [1.54, 1.807) is 7.11 Å². The monoisotopic (exact) mass is 405 g/mol. The Morgan fingerprint density at radius 2 is 1.90 bits per heavy atom. The first-order valence-electron chi connectivity index (χ1n) is 10.9. The molecule has 1 fully saturated rings. The maximum atomic E-state index is 13.4. The average molecular weight is 406 g/mol. The van der Waals surface area contributed by atoms with Crippen LogP contribution >= 0.6 is 0 Å². The maximum Gasteiger partial charge on any atom is 0.226 e. The second-order valence-corrected chi connectivity index (χ2v) is 8.36. The van der Waals surface area contributed by atoms with Gasteiger partial charge >= 0.3 is 0 Å². The third kappa shape index (κ3) is 5.08. The van der Waals surface area contributed by atoms with Gasteiger partial charge in [-0.15, -0.1) is 0 Å². The summed E-state index contributed by atoms with van der Waals surface area (Å²) in [5.74, 6) is 1.68. The molecule has 30 heavy (non-hydrogen) atoms. The van der Waals surface area contributed by atoms with Crippen LogP contribution in [0.4, 0.5) is 0 Å². The molecule has 0 radical (unpaired) electrons. The van der Waals surface area contributed by atoms with E-state index in [1.165, 1.54) is 5.56 Å². The Bertz CT molecular complexity index is 860. The van der Waals surface area contributed by atoms with E-state index in [-0.39, 0.29) is 5.92 Å². The number of piperidine rings is 1. The molecule has 2 aliphatic rings. The quantitative estimate of drug-likeness (QED) is 0.684. The van der Waals surface area contributed by atoms with Gasteiger partial charge in [0.05, 0.1) is 7.11 Å². The molecule has 1 atom stereocenters. The molecule has 2 aromatic rings. The number of hydrogen-bond donors (Lipinski definition) is 0. The largest absolute Gasteiger partial charge is 0.497 e. The number of rotatable bonds is 6. The molecule has 1 saturated heterocycles. The molecule has 5 nitrogen and oxygen atoms in total. The number of carbonyl (C=O) groups excluding carboxylic acids is 1. The summed E-state index contributed by atoms with van der Waals surface area (Å²) in [5.41, 5.74) is 2.37. The first kappa shape index (κ1) is 20.6. The smallest absolute Gasteiger partial charge is 0.226 e. The molecule has 4 rings (SSSR count). The van der Waals surface area contributed by atoms with Crippen molar-refractivity contribution < 1.29 is 9.53 Å². The average Bonchev–Trinajstić information content (AvgIpc) is 2.97. The van der Waals surface area contributed by atoms with E-state index in [4.69, 9.17) is 4.74 Å². The lowest BCUT2D eigenvalue weighted by molar-refractivity contribution is -0.137. The third-order valence-electron chi connectivity index (χ3n) is 6.35. The van der Waals surface area contributed by atoms with E-state index in [1.807, 2.05) is 41.6 Å². The molecule has 0 unspecified atom stereocenters. The fourth-order valence-corrected chi connectivity index (χ4v) is 4.66. The van der Waals surface area contributed by atoms with Gasteiger partial charge in [-0.3, -0.25) is 14.7 Å². The minimum Gasteiger partial charge on any atom is -0.497 e. The van der Waals surface area contributed by atoms with Gasteiger partial charge in [-0.1, -0.05) is 30.4 Å². The normalized spacial score (nSPS) is 20.9. The molecule has 1 amide bonds. The van der Waals surface area contributed by atoms with Crippen LogP contribution in [0, 0.1) is 11.8 Å². The van der Waals surface area contributed by atoms with Crippen LogP contribution in [0.3, 0.4) is 0 Å². The van der Waals surface area contributed by atoms with E-state index < -0.39 is 0 Å². The van der Waals surface area contributed by atoms with E-state index >= 15 is 0 Å². The molecule has 1 aromatic heterocycles. The van der Waals surface area contributed by atoms with Gasteiger partial charge in [0.15, 0.2) is 0 Å². The number of benzene rings is 1. The number of carbonyl (C=O) groups is 1. The highest BCUT2D eigenvalue weighted by atomic mass is 16.5. The molecule has 2 aliphatic heterocycles. The van der Waals surface area contributed by atoms with Gasteiger partial charge in [-0.05, 0) is 67.6 Å². The van der Waals surface area contributed by atoms with Gasteiger partial charge in [0.2, 0.25) is 5.91 Å². The topological polar surface area (TPSA) is 45.7 Å². The van der Waals surface area contributed by atoms with Crippen LogP contribution in [0.15, 0.2) is 60.9 Å². The Labute approximate surface area is 179 Å². The summed E-state index contributed by atoms with van der Waals surface area (Å²) in [7, 11) is 1.68. The van der Waals surface area contributed by atoms with Crippen LogP contribution in [0.2, 0.25) is 0 Å². The number of amides is 1. The van der Waals surface area contributed by atoms with Gasteiger partial charge in [-0.2, -0.15) is 0 Å². The van der Waals surface area contributed by atoms with Gasteiger partial charge in [0, 0.05) is 37.9 Å². The number of hydrogen-bond acceptors (Lipinski definition) is 4. The van der Waals surface area contributed by atoms with Crippen LogP contribution in [0.5, 0.6) is 5.75 Å². The predicted octanol–water partition coefficient (Wildman–Crippen LogP) is 3.91. The first-order chi connectivity index (χ1) is 14.7. The highest BCUT2D eigenvalue weighted by Crippen LogP contribution is 2.31. The second kappa shape index (κ2) is 9.90. The minimum absolute atomic E-state index is 0.0925. The highest BCUT2D eigenvalue weighted by molar-refractivity contribution is 5.80. The van der Waals surface area contributed by atoms with Crippen molar-refractivity contribution in [3.05, 3.63) is 72.1 Å². The molecule has 0 N–H and O–H groups in total. The lowest BCUT2D eigenvalue weighted by Crippen LogP contribution is -2.42. The molecular weight excluding hydrogens is 374 g/mol. The molecular formula is C25H31N3O2. The highest BCUT2D eigenvalue weighted by Gasteiger charge is 2.34. The van der Waals surface area contributed by atoms with Crippen molar-refractivity contribution in [2.75, 3.05) is 26.7 Å². The van der Waals surface area contributed by atoms with E-state index in [0.29, 0.717) is 24.9 Å². The summed E-state index contributed by atoms with van der Waals surface area (Å²) in [6, 6.07) is 12.1. The van der Waals surface area contributed by atoms with Crippen molar-refractivity contribution in [2.45, 2.75) is 32.4 Å². The van der Waals surface area contributed by atoms with Crippen molar-refractivity contribution in [1.82, 2.24) is 14.8 Å². The Hall–Kier alpha value is -2.66. The number of pyridine rings is 1. The zero-order valence-corrected chi connectivity index (χ0v) is 17.7. The number of ether oxygens (including phenoxy) is 1. The maximum absolute atomic E-state index is 13.4. The second-order valence-electron chi connectivity index (χ2n) is 8.36. The summed E-state index contributed by atoms with van der Waals surface area (Å²) >= 11 is 0. The number of likely N-dealkylation sites (tertiary alicyclic amines) is 1. The molecule has 0 aliphatic carbocycles. The third-order valence-corrected chi connectivity index (χ3v) is 6.35. The van der Waals surface area contributed by atoms with Crippen LogP contribution in [0.1, 0.15) is 30.4 Å². The lowest BCUT2D eigenvalue weighted by atomic mass is 9.81. The van der Waals surface area contributed by atoms with Crippen LogP contribution in [-0.2, 0) is 17.9 Å². The molecule has 158 valence electrons. The Morgan fingerprint density at radius 3 is 2.67 bits per heavy atom. The van der Waals surface area contributed by atoms with Crippen molar-refractivity contribution in [2.24, 2.45) is 11.8 Å².